The fraction of sp³-hybridized carbons (Fsp3) is 0. The fourth-order valence-electron chi connectivity index (χ4n) is 3.80. The molecule has 4 aromatic rings. The summed E-state index contributed by atoms with van der Waals surface area (Å²) in [7, 11) is 0. The van der Waals surface area contributed by atoms with Gasteiger partial charge < -0.3 is 0 Å². The molecular weight excluding hydrogens is 630 g/mol. The minimum Gasteiger partial charge on any atom is -0.205 e. The molecule has 0 spiro atoms. The standard InChI is InChI=1S/C24F18/c25-7-1(4-10(28)16(34)22(40)17(35)11(4)29)8(26)3(6-14(32)20(38)24(42)21(39)15(6)33)9(27)2(7)5-12(30)18(36)23(41)19(37)13(5)31. The largest absolute Gasteiger partial charge is 0.205 e. The molecule has 0 atom stereocenters. The molecule has 0 heterocycles. The molecule has 18 heteroatoms. The van der Waals surface area contributed by atoms with E-state index in [1.54, 1.807) is 0 Å². The topological polar surface area (TPSA) is 0 Å². The summed E-state index contributed by atoms with van der Waals surface area (Å²) in [4.78, 5) is 0. The van der Waals surface area contributed by atoms with E-state index in [4.69, 9.17) is 0 Å². The second-order valence-corrected chi connectivity index (χ2v) is 7.90. The normalized spacial score (nSPS) is 11.6. The first-order valence-electron chi connectivity index (χ1n) is 10.2. The van der Waals surface area contributed by atoms with E-state index in [2.05, 4.69) is 0 Å². The van der Waals surface area contributed by atoms with Gasteiger partial charge in [0.2, 0.25) is 17.5 Å². The predicted octanol–water partition coefficient (Wildman–Crippen LogP) is 9.19. The lowest BCUT2D eigenvalue weighted by atomic mass is 9.89. The molecule has 0 aliphatic rings. The SMILES string of the molecule is Fc1c(F)c(F)c(-c2c(F)c(-c3c(F)c(F)c(F)c(F)c3F)c(F)c(-c3c(F)c(F)c(F)c(F)c3F)c2F)c(F)c1F. The zero-order valence-electron chi connectivity index (χ0n) is 18.8. The van der Waals surface area contributed by atoms with Crippen molar-refractivity contribution in [1.29, 1.82) is 0 Å². The maximum atomic E-state index is 15.5. The van der Waals surface area contributed by atoms with Crippen LogP contribution in [0.1, 0.15) is 0 Å². The monoisotopic (exact) mass is 630 g/mol. The summed E-state index contributed by atoms with van der Waals surface area (Å²) in [5, 5.41) is 0. The average molecular weight is 630 g/mol. The van der Waals surface area contributed by atoms with Crippen molar-refractivity contribution in [3.05, 3.63) is 105 Å². The molecule has 0 fully saturated rings. The van der Waals surface area contributed by atoms with E-state index in [-0.39, 0.29) is 0 Å². The van der Waals surface area contributed by atoms with Gasteiger partial charge in [0.15, 0.2) is 69.8 Å². The summed E-state index contributed by atoms with van der Waals surface area (Å²) in [5.41, 5.74) is -17.1. The summed E-state index contributed by atoms with van der Waals surface area (Å²) >= 11 is 0. The zero-order chi connectivity index (χ0) is 31.9. The van der Waals surface area contributed by atoms with Gasteiger partial charge in [-0.25, -0.2) is 79.0 Å². The minimum atomic E-state index is -3.22. The molecule has 0 N–H and O–H groups in total. The molecule has 0 nitrogen and oxygen atoms in total. The summed E-state index contributed by atoms with van der Waals surface area (Å²) in [6.07, 6.45) is 0. The molecule has 0 saturated carbocycles. The van der Waals surface area contributed by atoms with Crippen LogP contribution in [0.3, 0.4) is 0 Å². The molecule has 0 aliphatic carbocycles. The quantitative estimate of drug-likeness (QED) is 0.120. The molecular formula is C24F18. The molecule has 0 aliphatic heterocycles. The zero-order valence-corrected chi connectivity index (χ0v) is 18.8. The highest BCUT2D eigenvalue weighted by Gasteiger charge is 2.40. The third-order valence-corrected chi connectivity index (χ3v) is 5.70. The van der Waals surface area contributed by atoms with Gasteiger partial charge in [0.25, 0.3) is 0 Å². The third kappa shape index (κ3) is 3.98. The molecule has 0 aromatic heterocycles. The van der Waals surface area contributed by atoms with Gasteiger partial charge in [-0.15, -0.1) is 0 Å². The molecule has 0 bridgehead atoms. The molecule has 0 amide bonds. The van der Waals surface area contributed by atoms with Gasteiger partial charge in [0.05, 0.1) is 33.4 Å². The third-order valence-electron chi connectivity index (χ3n) is 5.70. The van der Waals surface area contributed by atoms with Crippen molar-refractivity contribution in [3.63, 3.8) is 0 Å². The number of hydrogen-bond donors (Lipinski definition) is 0. The summed E-state index contributed by atoms with van der Waals surface area (Å²) in [6, 6.07) is 0. The van der Waals surface area contributed by atoms with E-state index < -0.39 is 138 Å². The van der Waals surface area contributed by atoms with Crippen molar-refractivity contribution in [3.8, 4) is 33.4 Å². The lowest BCUT2D eigenvalue weighted by molar-refractivity contribution is 0.378. The van der Waals surface area contributed by atoms with Crippen molar-refractivity contribution in [2.75, 3.05) is 0 Å². The van der Waals surface area contributed by atoms with Crippen LogP contribution in [0.4, 0.5) is 79.0 Å². The van der Waals surface area contributed by atoms with Crippen LogP contribution in [-0.4, -0.2) is 0 Å². The van der Waals surface area contributed by atoms with Crippen LogP contribution >= 0.6 is 0 Å². The summed E-state index contributed by atoms with van der Waals surface area (Å²) in [5.74, 6) is -56.1. The highest BCUT2D eigenvalue weighted by atomic mass is 19.2. The molecule has 0 saturated heterocycles. The van der Waals surface area contributed by atoms with Crippen molar-refractivity contribution in [1.82, 2.24) is 0 Å². The number of benzene rings is 4. The van der Waals surface area contributed by atoms with Gasteiger partial charge in [-0.2, -0.15) is 0 Å². The maximum absolute atomic E-state index is 15.5. The van der Waals surface area contributed by atoms with E-state index in [0.717, 1.165) is 0 Å². The van der Waals surface area contributed by atoms with Gasteiger partial charge in [-0.3, -0.25) is 0 Å². The second kappa shape index (κ2) is 10.2. The Bertz CT molecular complexity index is 1540. The Morgan fingerprint density at radius 1 is 0.119 bits per heavy atom. The molecule has 4 rings (SSSR count). The van der Waals surface area contributed by atoms with Gasteiger partial charge in [-0.1, -0.05) is 0 Å². The Balaban J connectivity index is 2.41. The van der Waals surface area contributed by atoms with E-state index in [9.17, 15) is 65.9 Å². The first-order valence-corrected chi connectivity index (χ1v) is 10.2. The second-order valence-electron chi connectivity index (χ2n) is 7.90. The molecule has 4 aromatic carbocycles. The van der Waals surface area contributed by atoms with Crippen molar-refractivity contribution in [2.45, 2.75) is 0 Å². The first-order chi connectivity index (χ1) is 19.4. The summed E-state index contributed by atoms with van der Waals surface area (Å²) < 4.78 is 257. The number of hydrogen-bond acceptors (Lipinski definition) is 0. The van der Waals surface area contributed by atoms with Crippen LogP contribution in [-0.2, 0) is 0 Å². The van der Waals surface area contributed by atoms with Crippen LogP contribution in [0, 0.1) is 105 Å². The fourth-order valence-corrected chi connectivity index (χ4v) is 3.80. The minimum absolute atomic E-state index is 2.82. The van der Waals surface area contributed by atoms with Crippen molar-refractivity contribution >= 4 is 0 Å². The Kier molecular flexibility index (Phi) is 7.40. The van der Waals surface area contributed by atoms with Crippen LogP contribution < -0.4 is 0 Å². The Morgan fingerprint density at radius 2 is 0.214 bits per heavy atom. The Hall–Kier alpha value is -4.38. The molecule has 42 heavy (non-hydrogen) atoms. The van der Waals surface area contributed by atoms with Crippen molar-refractivity contribution < 1.29 is 79.0 Å². The van der Waals surface area contributed by atoms with E-state index in [1.807, 2.05) is 0 Å². The average Bonchev–Trinajstić information content (AvgIpc) is 2.95. The lowest BCUT2D eigenvalue weighted by Gasteiger charge is -2.19. The van der Waals surface area contributed by atoms with Gasteiger partial charge >= 0.3 is 0 Å². The van der Waals surface area contributed by atoms with Gasteiger partial charge in [-0.05, 0) is 0 Å². The highest BCUT2D eigenvalue weighted by molar-refractivity contribution is 5.85. The Labute approximate surface area is 218 Å². The smallest absolute Gasteiger partial charge is 0.200 e. The molecule has 0 radical (unpaired) electrons. The van der Waals surface area contributed by atoms with E-state index >= 15 is 13.2 Å². The van der Waals surface area contributed by atoms with Crippen LogP contribution in [0.25, 0.3) is 33.4 Å². The maximum Gasteiger partial charge on any atom is 0.200 e. The lowest BCUT2D eigenvalue weighted by Crippen LogP contribution is -2.13. The Morgan fingerprint density at radius 3 is 0.357 bits per heavy atom. The number of rotatable bonds is 3. The molecule has 0 unspecified atom stereocenters. The van der Waals surface area contributed by atoms with E-state index in [0.29, 0.717) is 0 Å². The van der Waals surface area contributed by atoms with Crippen LogP contribution in [0.5, 0.6) is 0 Å². The predicted molar refractivity (Wildman–Crippen MR) is 102 cm³/mol. The highest BCUT2D eigenvalue weighted by Crippen LogP contribution is 2.47. The van der Waals surface area contributed by atoms with Crippen LogP contribution in [0.2, 0.25) is 0 Å². The van der Waals surface area contributed by atoms with Crippen molar-refractivity contribution in [2.24, 2.45) is 0 Å². The van der Waals surface area contributed by atoms with Crippen LogP contribution in [0.15, 0.2) is 0 Å². The number of halogens is 18. The van der Waals surface area contributed by atoms with Gasteiger partial charge in [0, 0.05) is 0 Å². The van der Waals surface area contributed by atoms with Gasteiger partial charge in [0.1, 0.15) is 17.5 Å². The van der Waals surface area contributed by atoms with E-state index in [1.165, 1.54) is 0 Å². The summed E-state index contributed by atoms with van der Waals surface area (Å²) in [6.45, 7) is 0. The first kappa shape index (κ1) is 30.6. The molecule has 222 valence electrons.